The van der Waals surface area contributed by atoms with Crippen molar-refractivity contribution in [2.24, 2.45) is 0 Å². The lowest BCUT2D eigenvalue weighted by Gasteiger charge is -2.13. The summed E-state index contributed by atoms with van der Waals surface area (Å²) in [5.74, 6) is 0. The van der Waals surface area contributed by atoms with Gasteiger partial charge in [-0.15, -0.1) is 11.3 Å². The predicted molar refractivity (Wildman–Crippen MR) is 53.5 cm³/mol. The van der Waals surface area contributed by atoms with Crippen LogP contribution in [0.25, 0.3) is 0 Å². The van der Waals surface area contributed by atoms with Crippen molar-refractivity contribution in [3.05, 3.63) is 14.1 Å². The van der Waals surface area contributed by atoms with Gasteiger partial charge in [0.25, 0.3) is 0 Å². The van der Waals surface area contributed by atoms with Crippen molar-refractivity contribution < 1.29 is 0 Å². The van der Waals surface area contributed by atoms with Crippen molar-refractivity contribution in [3.63, 3.8) is 0 Å². The Hall–Kier alpha value is 0.360. The molecule has 1 aromatic heterocycles. The number of aromatic nitrogens is 1. The van der Waals surface area contributed by atoms with Gasteiger partial charge in [-0.05, 0) is 22.6 Å². The molecule has 0 unspecified atom stereocenters. The second-order valence-electron chi connectivity index (χ2n) is 3.24. The second-order valence-corrected chi connectivity index (χ2v) is 5.85. The Morgan fingerprint density at radius 1 is 1.50 bits per heavy atom. The minimum Gasteiger partial charge on any atom is -0.235 e. The largest absolute Gasteiger partial charge is 0.235 e. The van der Waals surface area contributed by atoms with E-state index in [1.54, 1.807) is 11.3 Å². The van der Waals surface area contributed by atoms with Gasteiger partial charge in [0, 0.05) is 10.8 Å². The SMILES string of the molecule is CC(C)(C)c1csc(I)n1. The van der Waals surface area contributed by atoms with Gasteiger partial charge in [-0.25, -0.2) is 4.98 Å². The van der Waals surface area contributed by atoms with Crippen LogP contribution in [0.1, 0.15) is 26.5 Å². The van der Waals surface area contributed by atoms with Crippen molar-refractivity contribution in [2.45, 2.75) is 26.2 Å². The Morgan fingerprint density at radius 3 is 2.30 bits per heavy atom. The highest BCUT2D eigenvalue weighted by atomic mass is 127. The van der Waals surface area contributed by atoms with Gasteiger partial charge in [-0.1, -0.05) is 20.8 Å². The van der Waals surface area contributed by atoms with E-state index in [0.29, 0.717) is 0 Å². The summed E-state index contributed by atoms with van der Waals surface area (Å²) in [5, 5.41) is 2.13. The molecule has 1 nitrogen and oxygen atoms in total. The second kappa shape index (κ2) is 2.77. The van der Waals surface area contributed by atoms with Crippen LogP contribution in [-0.4, -0.2) is 4.98 Å². The topological polar surface area (TPSA) is 12.9 Å². The first kappa shape index (κ1) is 8.46. The average Bonchev–Trinajstić information content (AvgIpc) is 2.11. The molecule has 0 saturated carbocycles. The molecule has 56 valence electrons. The number of rotatable bonds is 0. The van der Waals surface area contributed by atoms with E-state index < -0.39 is 0 Å². The molecule has 1 aromatic rings. The summed E-state index contributed by atoms with van der Waals surface area (Å²) in [6.45, 7) is 6.54. The Bertz CT molecular complexity index is 224. The van der Waals surface area contributed by atoms with Crippen LogP contribution < -0.4 is 0 Å². The Morgan fingerprint density at radius 2 is 2.10 bits per heavy atom. The number of nitrogens with zero attached hydrogens (tertiary/aromatic N) is 1. The van der Waals surface area contributed by atoms with Crippen LogP contribution in [0, 0.1) is 3.01 Å². The monoisotopic (exact) mass is 267 g/mol. The van der Waals surface area contributed by atoms with E-state index in [4.69, 9.17) is 0 Å². The predicted octanol–water partition coefficient (Wildman–Crippen LogP) is 3.05. The fourth-order valence-electron chi connectivity index (χ4n) is 0.596. The van der Waals surface area contributed by atoms with Crippen LogP contribution >= 0.6 is 33.9 Å². The quantitative estimate of drug-likeness (QED) is 0.658. The summed E-state index contributed by atoms with van der Waals surface area (Å²) in [6, 6.07) is 0. The van der Waals surface area contributed by atoms with E-state index in [0.717, 1.165) is 3.01 Å². The summed E-state index contributed by atoms with van der Waals surface area (Å²) >= 11 is 3.95. The van der Waals surface area contributed by atoms with Crippen molar-refractivity contribution in [1.82, 2.24) is 4.98 Å². The lowest BCUT2D eigenvalue weighted by atomic mass is 9.93. The molecular weight excluding hydrogens is 257 g/mol. The zero-order valence-electron chi connectivity index (χ0n) is 6.31. The van der Waals surface area contributed by atoms with Gasteiger partial charge in [-0.2, -0.15) is 0 Å². The molecule has 0 saturated heterocycles. The summed E-state index contributed by atoms with van der Waals surface area (Å²) < 4.78 is 1.13. The summed E-state index contributed by atoms with van der Waals surface area (Å²) in [4.78, 5) is 4.39. The first-order valence-electron chi connectivity index (χ1n) is 3.11. The third-order valence-electron chi connectivity index (χ3n) is 1.24. The minimum atomic E-state index is 0.208. The lowest BCUT2D eigenvalue weighted by molar-refractivity contribution is 0.572. The van der Waals surface area contributed by atoms with Crippen LogP contribution in [0.5, 0.6) is 0 Å². The molecule has 10 heavy (non-hydrogen) atoms. The van der Waals surface area contributed by atoms with E-state index in [1.165, 1.54) is 5.69 Å². The molecule has 0 aliphatic rings. The molecule has 0 bridgehead atoms. The Kier molecular flexibility index (Phi) is 2.34. The van der Waals surface area contributed by atoms with E-state index in [1.807, 2.05) is 0 Å². The molecular formula is C7H10INS. The first-order valence-corrected chi connectivity index (χ1v) is 5.07. The number of hydrogen-bond donors (Lipinski definition) is 0. The standard InChI is InChI=1S/C7H10INS/c1-7(2,3)5-4-10-6(8)9-5/h4H,1-3H3. The molecule has 0 radical (unpaired) electrons. The van der Waals surface area contributed by atoms with Gasteiger partial charge in [-0.3, -0.25) is 0 Å². The van der Waals surface area contributed by atoms with Gasteiger partial charge in [0.2, 0.25) is 0 Å². The number of halogens is 1. The van der Waals surface area contributed by atoms with Crippen LogP contribution in [0.4, 0.5) is 0 Å². The average molecular weight is 267 g/mol. The molecule has 1 rings (SSSR count). The number of thiazole rings is 1. The molecule has 0 spiro atoms. The van der Waals surface area contributed by atoms with Gasteiger partial charge in [0.15, 0.2) is 3.01 Å². The zero-order chi connectivity index (χ0) is 7.78. The highest BCUT2D eigenvalue weighted by Crippen LogP contribution is 2.24. The van der Waals surface area contributed by atoms with E-state index in [9.17, 15) is 0 Å². The van der Waals surface area contributed by atoms with Gasteiger partial charge in [0.1, 0.15) is 0 Å². The fourth-order valence-corrected chi connectivity index (χ4v) is 2.00. The highest BCUT2D eigenvalue weighted by molar-refractivity contribution is 14.1. The number of hydrogen-bond acceptors (Lipinski definition) is 2. The highest BCUT2D eigenvalue weighted by Gasteiger charge is 2.16. The van der Waals surface area contributed by atoms with E-state index in [-0.39, 0.29) is 5.41 Å². The molecule has 0 aromatic carbocycles. The summed E-state index contributed by atoms with van der Waals surface area (Å²) in [6.07, 6.45) is 0. The smallest absolute Gasteiger partial charge is 0.154 e. The lowest BCUT2D eigenvalue weighted by Crippen LogP contribution is -2.11. The van der Waals surface area contributed by atoms with Crippen molar-refractivity contribution in [2.75, 3.05) is 0 Å². The first-order chi connectivity index (χ1) is 4.50. The van der Waals surface area contributed by atoms with Crippen molar-refractivity contribution >= 4 is 33.9 Å². The van der Waals surface area contributed by atoms with E-state index in [2.05, 4.69) is 53.7 Å². The summed E-state index contributed by atoms with van der Waals surface area (Å²) in [7, 11) is 0. The Labute approximate surface area is 79.0 Å². The maximum atomic E-state index is 4.39. The molecule has 0 N–H and O–H groups in total. The maximum Gasteiger partial charge on any atom is 0.154 e. The molecule has 0 atom stereocenters. The van der Waals surface area contributed by atoms with Crippen LogP contribution in [-0.2, 0) is 5.41 Å². The molecule has 0 amide bonds. The normalized spacial score (nSPS) is 12.0. The maximum absolute atomic E-state index is 4.39. The molecule has 0 aliphatic carbocycles. The Balaban J connectivity index is 2.96. The van der Waals surface area contributed by atoms with Crippen LogP contribution in [0.15, 0.2) is 5.38 Å². The van der Waals surface area contributed by atoms with Crippen molar-refractivity contribution in [3.8, 4) is 0 Å². The minimum absolute atomic E-state index is 0.208. The molecule has 3 heteroatoms. The summed E-state index contributed by atoms with van der Waals surface area (Å²) in [5.41, 5.74) is 1.40. The van der Waals surface area contributed by atoms with Crippen LogP contribution in [0.3, 0.4) is 0 Å². The van der Waals surface area contributed by atoms with Gasteiger partial charge in [0.05, 0.1) is 5.69 Å². The molecule has 1 heterocycles. The third kappa shape index (κ3) is 1.92. The zero-order valence-corrected chi connectivity index (χ0v) is 9.28. The fraction of sp³-hybridized carbons (Fsp3) is 0.571. The van der Waals surface area contributed by atoms with E-state index >= 15 is 0 Å². The van der Waals surface area contributed by atoms with Crippen LogP contribution in [0.2, 0.25) is 0 Å². The third-order valence-corrected chi connectivity index (χ3v) is 2.88. The molecule has 0 aliphatic heterocycles. The van der Waals surface area contributed by atoms with Crippen molar-refractivity contribution in [1.29, 1.82) is 0 Å². The van der Waals surface area contributed by atoms with Gasteiger partial charge < -0.3 is 0 Å². The van der Waals surface area contributed by atoms with Gasteiger partial charge >= 0.3 is 0 Å². The molecule has 0 fully saturated rings.